The van der Waals surface area contributed by atoms with Gasteiger partial charge in [0.1, 0.15) is 5.75 Å². The van der Waals surface area contributed by atoms with Crippen molar-refractivity contribution in [3.05, 3.63) is 22.7 Å². The molecule has 0 aromatic heterocycles. The molecule has 0 aliphatic rings. The smallest absolute Gasteiger partial charge is 0.233 e. The van der Waals surface area contributed by atoms with E-state index in [1.54, 1.807) is 18.2 Å². The van der Waals surface area contributed by atoms with Crippen molar-refractivity contribution in [2.45, 2.75) is 37.6 Å². The molecular formula is C13H19BrN2O2S. The Bertz CT molecular complexity index is 476. The van der Waals surface area contributed by atoms with E-state index in [9.17, 15) is 9.00 Å². The van der Waals surface area contributed by atoms with Gasteiger partial charge in [0.05, 0.1) is 15.7 Å². The third-order valence-electron chi connectivity index (χ3n) is 2.83. The standard InChI is InChI=1S/C13H19BrN2O2S/c1-3-10(4-2)16-13(17)8-19(18)12-6-5-9(14)7-11(12)15/h5-7,10H,3-4,8,15H2,1-2H3,(H,16,17). The van der Waals surface area contributed by atoms with E-state index in [4.69, 9.17) is 5.73 Å². The van der Waals surface area contributed by atoms with E-state index in [0.717, 1.165) is 17.3 Å². The molecule has 1 aromatic carbocycles. The summed E-state index contributed by atoms with van der Waals surface area (Å²) >= 11 is 3.29. The molecule has 0 bridgehead atoms. The first-order chi connectivity index (χ1) is 8.97. The first kappa shape index (κ1) is 16.2. The van der Waals surface area contributed by atoms with Crippen molar-refractivity contribution < 1.29 is 9.00 Å². The van der Waals surface area contributed by atoms with Gasteiger partial charge in [-0.15, -0.1) is 0 Å². The van der Waals surface area contributed by atoms with Crippen molar-refractivity contribution >= 4 is 38.3 Å². The van der Waals surface area contributed by atoms with Crippen molar-refractivity contribution in [1.82, 2.24) is 5.32 Å². The van der Waals surface area contributed by atoms with Crippen molar-refractivity contribution in [3.8, 4) is 0 Å². The first-order valence-electron chi connectivity index (χ1n) is 6.20. The lowest BCUT2D eigenvalue weighted by Crippen LogP contribution is -2.36. The number of carbonyl (C=O) groups excluding carboxylic acids is 1. The zero-order chi connectivity index (χ0) is 14.4. The van der Waals surface area contributed by atoms with Gasteiger partial charge in [0.15, 0.2) is 0 Å². The van der Waals surface area contributed by atoms with Crippen molar-refractivity contribution in [2.24, 2.45) is 0 Å². The highest BCUT2D eigenvalue weighted by molar-refractivity contribution is 9.10. The van der Waals surface area contributed by atoms with Crippen LogP contribution in [0.5, 0.6) is 0 Å². The number of carbonyl (C=O) groups is 1. The number of rotatable bonds is 6. The van der Waals surface area contributed by atoms with E-state index < -0.39 is 10.8 Å². The minimum Gasteiger partial charge on any atom is -0.398 e. The van der Waals surface area contributed by atoms with E-state index in [-0.39, 0.29) is 17.7 Å². The van der Waals surface area contributed by atoms with E-state index in [1.807, 2.05) is 13.8 Å². The Morgan fingerprint density at radius 2 is 2.05 bits per heavy atom. The SMILES string of the molecule is CCC(CC)NC(=O)CS(=O)c1ccc(Br)cc1N. The summed E-state index contributed by atoms with van der Waals surface area (Å²) in [6.07, 6.45) is 1.74. The molecule has 1 rings (SSSR count). The summed E-state index contributed by atoms with van der Waals surface area (Å²) < 4.78 is 12.9. The zero-order valence-corrected chi connectivity index (χ0v) is 13.5. The predicted octanol–water partition coefficient (Wildman–Crippen LogP) is 2.44. The number of benzene rings is 1. The molecule has 1 aromatic rings. The van der Waals surface area contributed by atoms with Crippen LogP contribution in [0.15, 0.2) is 27.6 Å². The number of amides is 1. The molecule has 1 unspecified atom stereocenters. The third-order valence-corrected chi connectivity index (χ3v) is 4.71. The predicted molar refractivity (Wildman–Crippen MR) is 82.3 cm³/mol. The van der Waals surface area contributed by atoms with Crippen LogP contribution in [-0.2, 0) is 15.6 Å². The van der Waals surface area contributed by atoms with E-state index in [2.05, 4.69) is 21.2 Å². The summed E-state index contributed by atoms with van der Waals surface area (Å²) in [7, 11) is -1.41. The fourth-order valence-corrected chi connectivity index (χ4v) is 3.08. The molecule has 0 radical (unpaired) electrons. The lowest BCUT2D eigenvalue weighted by Gasteiger charge is -2.14. The van der Waals surface area contributed by atoms with Gasteiger partial charge >= 0.3 is 0 Å². The Balaban J connectivity index is 2.66. The highest BCUT2D eigenvalue weighted by Crippen LogP contribution is 2.21. The van der Waals surface area contributed by atoms with Gasteiger partial charge in [-0.3, -0.25) is 9.00 Å². The fourth-order valence-electron chi connectivity index (χ4n) is 1.69. The van der Waals surface area contributed by atoms with Gasteiger partial charge in [-0.2, -0.15) is 0 Å². The third kappa shape index (κ3) is 4.95. The number of nitrogens with one attached hydrogen (secondary N) is 1. The number of hydrogen-bond acceptors (Lipinski definition) is 3. The van der Waals surface area contributed by atoms with Crippen molar-refractivity contribution in [3.63, 3.8) is 0 Å². The largest absolute Gasteiger partial charge is 0.398 e. The minimum atomic E-state index is -1.41. The summed E-state index contributed by atoms with van der Waals surface area (Å²) in [5.41, 5.74) is 6.23. The second-order valence-electron chi connectivity index (χ2n) is 4.25. The number of nitrogens with two attached hydrogens (primary N) is 1. The molecule has 0 spiro atoms. The molecule has 6 heteroatoms. The molecule has 0 aliphatic heterocycles. The van der Waals surface area contributed by atoms with Crippen LogP contribution in [0, 0.1) is 0 Å². The molecule has 0 fully saturated rings. The van der Waals surface area contributed by atoms with Crippen LogP contribution in [0.25, 0.3) is 0 Å². The maximum absolute atomic E-state index is 12.1. The molecule has 3 N–H and O–H groups in total. The van der Waals surface area contributed by atoms with Gasteiger partial charge < -0.3 is 11.1 Å². The lowest BCUT2D eigenvalue weighted by molar-refractivity contribution is -0.119. The van der Waals surface area contributed by atoms with Crippen molar-refractivity contribution in [2.75, 3.05) is 11.5 Å². The van der Waals surface area contributed by atoms with Crippen molar-refractivity contribution in [1.29, 1.82) is 0 Å². The normalized spacial score (nSPS) is 12.4. The Morgan fingerprint density at radius 1 is 1.42 bits per heavy atom. The second kappa shape index (κ2) is 7.65. The van der Waals surface area contributed by atoms with Crippen LogP contribution in [0.2, 0.25) is 0 Å². The van der Waals surface area contributed by atoms with Gasteiger partial charge in [-0.1, -0.05) is 29.8 Å². The van der Waals surface area contributed by atoms with E-state index >= 15 is 0 Å². The Labute approximate surface area is 124 Å². The van der Waals surface area contributed by atoms with Crippen LogP contribution in [0.1, 0.15) is 26.7 Å². The van der Waals surface area contributed by atoms with Crippen LogP contribution in [0.3, 0.4) is 0 Å². The summed E-state index contributed by atoms with van der Waals surface area (Å²) in [5.74, 6) is -0.253. The second-order valence-corrected chi connectivity index (χ2v) is 6.59. The number of anilines is 1. The maximum atomic E-state index is 12.1. The molecule has 1 atom stereocenters. The van der Waals surface area contributed by atoms with Crippen LogP contribution in [0.4, 0.5) is 5.69 Å². The van der Waals surface area contributed by atoms with Gasteiger partial charge in [-0.25, -0.2) is 0 Å². The maximum Gasteiger partial charge on any atom is 0.233 e. The summed E-state index contributed by atoms with van der Waals surface area (Å²) in [6, 6.07) is 5.28. The first-order valence-corrected chi connectivity index (χ1v) is 8.31. The minimum absolute atomic E-state index is 0.0532. The molecular weight excluding hydrogens is 328 g/mol. The summed E-state index contributed by atoms with van der Waals surface area (Å²) in [4.78, 5) is 12.3. The van der Waals surface area contributed by atoms with Gasteiger partial charge in [0, 0.05) is 16.2 Å². The van der Waals surface area contributed by atoms with E-state index in [1.165, 1.54) is 0 Å². The highest BCUT2D eigenvalue weighted by Gasteiger charge is 2.15. The molecule has 106 valence electrons. The average Bonchev–Trinajstić information content (AvgIpc) is 2.35. The molecule has 1 amide bonds. The molecule has 0 heterocycles. The van der Waals surface area contributed by atoms with E-state index in [0.29, 0.717) is 10.6 Å². The Hall–Kier alpha value is -0.880. The zero-order valence-electron chi connectivity index (χ0n) is 11.1. The van der Waals surface area contributed by atoms with Gasteiger partial charge in [0.25, 0.3) is 0 Å². The summed E-state index contributed by atoms with van der Waals surface area (Å²) in [5, 5.41) is 2.87. The van der Waals surface area contributed by atoms with Gasteiger partial charge in [-0.05, 0) is 31.0 Å². The summed E-state index contributed by atoms with van der Waals surface area (Å²) in [6.45, 7) is 4.02. The topological polar surface area (TPSA) is 72.2 Å². The quantitative estimate of drug-likeness (QED) is 0.777. The fraction of sp³-hybridized carbons (Fsp3) is 0.462. The molecule has 19 heavy (non-hydrogen) atoms. The Morgan fingerprint density at radius 3 is 2.58 bits per heavy atom. The number of nitrogen functional groups attached to an aromatic ring is 1. The van der Waals surface area contributed by atoms with Crippen LogP contribution < -0.4 is 11.1 Å². The van der Waals surface area contributed by atoms with Crippen LogP contribution in [-0.4, -0.2) is 21.9 Å². The number of hydrogen-bond donors (Lipinski definition) is 2. The number of halogens is 1. The molecule has 4 nitrogen and oxygen atoms in total. The molecule has 0 saturated carbocycles. The average molecular weight is 347 g/mol. The van der Waals surface area contributed by atoms with Gasteiger partial charge in [0.2, 0.25) is 5.91 Å². The monoisotopic (exact) mass is 346 g/mol. The highest BCUT2D eigenvalue weighted by atomic mass is 79.9. The lowest BCUT2D eigenvalue weighted by atomic mass is 10.2. The van der Waals surface area contributed by atoms with Crippen LogP contribution >= 0.6 is 15.9 Å². The molecule has 0 aliphatic carbocycles. The molecule has 0 saturated heterocycles. The Kier molecular flexibility index (Phi) is 6.51.